The molecular weight excluding hydrogens is 434 g/mol. The van der Waals surface area contributed by atoms with Crippen LogP contribution in [0.2, 0.25) is 0 Å². The van der Waals surface area contributed by atoms with Gasteiger partial charge in [0.05, 0.1) is 31.2 Å². The van der Waals surface area contributed by atoms with Gasteiger partial charge >= 0.3 is 5.97 Å². The van der Waals surface area contributed by atoms with Gasteiger partial charge in [-0.25, -0.2) is 9.47 Å². The van der Waals surface area contributed by atoms with Crippen molar-refractivity contribution in [2.24, 2.45) is 0 Å². The molecule has 0 atom stereocenters. The lowest BCUT2D eigenvalue weighted by Gasteiger charge is -2.19. The van der Waals surface area contributed by atoms with Crippen molar-refractivity contribution in [3.05, 3.63) is 59.9 Å². The number of esters is 1. The van der Waals surface area contributed by atoms with Gasteiger partial charge in [0.25, 0.3) is 0 Å². The van der Waals surface area contributed by atoms with Crippen LogP contribution in [0.25, 0.3) is 0 Å². The highest BCUT2D eigenvalue weighted by Crippen LogP contribution is 2.23. The summed E-state index contributed by atoms with van der Waals surface area (Å²) in [5.41, 5.74) is 0.751. The molecule has 2 aromatic carbocycles. The van der Waals surface area contributed by atoms with Gasteiger partial charge in [0.2, 0.25) is 11.1 Å². The zero-order chi connectivity index (χ0) is 23.1. The number of para-hydroxylation sites is 1. The molecule has 0 aliphatic rings. The molecule has 0 fully saturated rings. The van der Waals surface area contributed by atoms with Gasteiger partial charge in [-0.2, -0.15) is 0 Å². The van der Waals surface area contributed by atoms with Crippen molar-refractivity contribution < 1.29 is 23.8 Å². The molecule has 0 radical (unpaired) electrons. The SMILES string of the molecule is COC(=O)c1ccccc1N(C)C(=O)CSc1nnc(COc2cccc(OC)c2)n1N. The number of ether oxygens (including phenoxy) is 3. The van der Waals surface area contributed by atoms with Crippen molar-refractivity contribution in [3.63, 3.8) is 0 Å². The van der Waals surface area contributed by atoms with Crippen LogP contribution in [0.1, 0.15) is 16.2 Å². The highest BCUT2D eigenvalue weighted by Gasteiger charge is 2.20. The average molecular weight is 458 g/mol. The zero-order valence-electron chi connectivity index (χ0n) is 17.8. The molecule has 3 aromatic rings. The zero-order valence-corrected chi connectivity index (χ0v) is 18.7. The van der Waals surface area contributed by atoms with Crippen LogP contribution in [-0.2, 0) is 16.1 Å². The van der Waals surface area contributed by atoms with Crippen molar-refractivity contribution in [2.75, 3.05) is 37.8 Å². The van der Waals surface area contributed by atoms with Crippen LogP contribution in [0, 0.1) is 0 Å². The van der Waals surface area contributed by atoms with E-state index >= 15 is 0 Å². The minimum absolute atomic E-state index is 0.0398. The van der Waals surface area contributed by atoms with Crippen LogP contribution >= 0.6 is 11.8 Å². The topological polar surface area (TPSA) is 122 Å². The van der Waals surface area contributed by atoms with Gasteiger partial charge in [0, 0.05) is 13.1 Å². The quantitative estimate of drug-likeness (QED) is 0.292. The average Bonchev–Trinajstić information content (AvgIpc) is 3.19. The number of rotatable bonds is 9. The van der Waals surface area contributed by atoms with Crippen LogP contribution in [0.3, 0.4) is 0 Å². The van der Waals surface area contributed by atoms with E-state index < -0.39 is 5.97 Å². The number of thioether (sulfide) groups is 1. The van der Waals surface area contributed by atoms with E-state index in [2.05, 4.69) is 10.2 Å². The van der Waals surface area contributed by atoms with E-state index in [4.69, 9.17) is 20.1 Å². The van der Waals surface area contributed by atoms with Gasteiger partial charge in [-0.3, -0.25) is 4.79 Å². The van der Waals surface area contributed by atoms with E-state index in [-0.39, 0.29) is 18.3 Å². The molecule has 168 valence electrons. The smallest absolute Gasteiger partial charge is 0.339 e. The first kappa shape index (κ1) is 22.9. The van der Waals surface area contributed by atoms with Crippen molar-refractivity contribution in [3.8, 4) is 11.5 Å². The van der Waals surface area contributed by atoms with Crippen LogP contribution in [0.4, 0.5) is 5.69 Å². The second-order valence-corrected chi connectivity index (χ2v) is 7.43. The van der Waals surface area contributed by atoms with E-state index in [1.165, 1.54) is 16.7 Å². The molecule has 1 heterocycles. The van der Waals surface area contributed by atoms with Gasteiger partial charge in [-0.15, -0.1) is 10.2 Å². The summed E-state index contributed by atoms with van der Waals surface area (Å²) in [7, 11) is 4.46. The van der Waals surface area contributed by atoms with Crippen LogP contribution in [0.15, 0.2) is 53.7 Å². The monoisotopic (exact) mass is 457 g/mol. The summed E-state index contributed by atoms with van der Waals surface area (Å²) in [6, 6.07) is 13.9. The Morgan fingerprint density at radius 1 is 1.09 bits per heavy atom. The minimum Gasteiger partial charge on any atom is -0.497 e. The molecule has 1 aromatic heterocycles. The Hall–Kier alpha value is -3.73. The first-order valence-corrected chi connectivity index (χ1v) is 10.5. The fraction of sp³-hybridized carbons (Fsp3) is 0.238. The normalized spacial score (nSPS) is 10.5. The Balaban J connectivity index is 1.61. The van der Waals surface area contributed by atoms with E-state index in [0.717, 1.165) is 11.8 Å². The molecule has 32 heavy (non-hydrogen) atoms. The maximum Gasteiger partial charge on any atom is 0.339 e. The number of nitrogens with two attached hydrogens (primary N) is 1. The summed E-state index contributed by atoms with van der Waals surface area (Å²) < 4.78 is 16.9. The molecule has 0 saturated heterocycles. The number of methoxy groups -OCH3 is 2. The Morgan fingerprint density at radius 3 is 2.59 bits per heavy atom. The van der Waals surface area contributed by atoms with E-state index in [0.29, 0.717) is 33.7 Å². The third-order valence-electron chi connectivity index (χ3n) is 4.51. The van der Waals surface area contributed by atoms with Gasteiger partial charge in [-0.1, -0.05) is 30.0 Å². The molecular formula is C21H23N5O5S. The van der Waals surface area contributed by atoms with Crippen LogP contribution in [0.5, 0.6) is 11.5 Å². The lowest BCUT2D eigenvalue weighted by Crippen LogP contribution is -2.30. The van der Waals surface area contributed by atoms with Gasteiger partial charge in [-0.05, 0) is 24.3 Å². The van der Waals surface area contributed by atoms with Gasteiger partial charge < -0.3 is 25.0 Å². The number of amides is 1. The van der Waals surface area contributed by atoms with Crippen molar-refractivity contribution in [2.45, 2.75) is 11.8 Å². The number of nitrogens with zero attached hydrogens (tertiary/aromatic N) is 4. The summed E-state index contributed by atoms with van der Waals surface area (Å²) in [5.74, 6) is 7.00. The predicted octanol–water partition coefficient (Wildman–Crippen LogP) is 2.12. The third-order valence-corrected chi connectivity index (χ3v) is 5.44. The molecule has 2 N–H and O–H groups in total. The molecule has 0 unspecified atom stereocenters. The maximum atomic E-state index is 12.7. The molecule has 1 amide bonds. The fourth-order valence-electron chi connectivity index (χ4n) is 2.75. The summed E-state index contributed by atoms with van der Waals surface area (Å²) in [5, 5.41) is 8.41. The summed E-state index contributed by atoms with van der Waals surface area (Å²) in [4.78, 5) is 26.0. The minimum atomic E-state index is -0.518. The summed E-state index contributed by atoms with van der Waals surface area (Å²) in [6.45, 7) is 0.0948. The molecule has 0 saturated carbocycles. The third kappa shape index (κ3) is 5.30. The molecule has 10 nitrogen and oxygen atoms in total. The summed E-state index contributed by atoms with van der Waals surface area (Å²) >= 11 is 1.13. The highest BCUT2D eigenvalue weighted by molar-refractivity contribution is 7.99. The Labute approximate surface area is 189 Å². The van der Waals surface area contributed by atoms with Crippen molar-refractivity contribution >= 4 is 29.3 Å². The number of hydrogen-bond acceptors (Lipinski definition) is 9. The van der Waals surface area contributed by atoms with E-state index in [1.807, 2.05) is 12.1 Å². The number of hydrogen-bond donors (Lipinski definition) is 1. The van der Waals surface area contributed by atoms with Gasteiger partial charge in [0.15, 0.2) is 5.82 Å². The highest BCUT2D eigenvalue weighted by atomic mass is 32.2. The molecule has 0 spiro atoms. The molecule has 11 heteroatoms. The Morgan fingerprint density at radius 2 is 1.84 bits per heavy atom. The second kappa shape index (κ2) is 10.5. The number of carbonyl (C=O) groups excluding carboxylic acids is 2. The largest absolute Gasteiger partial charge is 0.497 e. The first-order valence-electron chi connectivity index (χ1n) is 9.47. The number of nitrogen functional groups attached to an aromatic ring is 1. The molecule has 0 bridgehead atoms. The number of benzene rings is 2. The van der Waals surface area contributed by atoms with Crippen LogP contribution in [-0.4, -0.2) is 53.8 Å². The van der Waals surface area contributed by atoms with Crippen molar-refractivity contribution in [1.29, 1.82) is 0 Å². The molecule has 0 aliphatic carbocycles. The molecule has 3 rings (SSSR count). The van der Waals surface area contributed by atoms with Crippen molar-refractivity contribution in [1.82, 2.24) is 14.9 Å². The second-order valence-electron chi connectivity index (χ2n) is 6.49. The Bertz CT molecular complexity index is 1100. The number of carbonyl (C=O) groups is 2. The fourth-order valence-corrected chi connectivity index (χ4v) is 3.54. The maximum absolute atomic E-state index is 12.7. The standard InChI is InChI=1S/C21H23N5O5S/c1-25(17-10-5-4-9-16(17)20(28)30-3)19(27)13-32-21-24-23-18(26(21)22)12-31-15-8-6-7-14(11-15)29-2/h4-11H,12-13,22H2,1-3H3. The van der Waals surface area contributed by atoms with Crippen LogP contribution < -0.4 is 20.2 Å². The van der Waals surface area contributed by atoms with E-state index in [9.17, 15) is 9.59 Å². The lowest BCUT2D eigenvalue weighted by atomic mass is 10.1. The predicted molar refractivity (Wildman–Crippen MR) is 119 cm³/mol. The Kier molecular flexibility index (Phi) is 7.55. The molecule has 0 aliphatic heterocycles. The number of aromatic nitrogens is 3. The lowest BCUT2D eigenvalue weighted by molar-refractivity contribution is -0.115. The van der Waals surface area contributed by atoms with Gasteiger partial charge in [0.1, 0.15) is 18.1 Å². The summed E-state index contributed by atoms with van der Waals surface area (Å²) in [6.07, 6.45) is 0. The number of anilines is 1. The van der Waals surface area contributed by atoms with E-state index in [1.54, 1.807) is 50.6 Å². The first-order chi connectivity index (χ1) is 15.4.